The maximum atomic E-state index is 8.12. The lowest BCUT2D eigenvalue weighted by atomic mass is 10.5. The zero-order valence-corrected chi connectivity index (χ0v) is 6.00. The monoisotopic (exact) mass is 147 g/mol. The summed E-state index contributed by atoms with van der Waals surface area (Å²) in [6.45, 7) is 1.60. The normalized spacial score (nSPS) is 11.6. The minimum atomic E-state index is -0.486. The van der Waals surface area contributed by atoms with Crippen molar-refractivity contribution in [3.8, 4) is 6.07 Å². The molecule has 0 aliphatic carbocycles. The van der Waals surface area contributed by atoms with E-state index in [0.717, 1.165) is 0 Å². The number of nitriles is 1. The number of thiocarbonyl (C=S) groups is 1. The van der Waals surface area contributed by atoms with Crippen LogP contribution in [0.1, 0.15) is 6.92 Å². The molecule has 0 aromatic rings. The van der Waals surface area contributed by atoms with Crippen molar-refractivity contribution in [1.82, 2.24) is 0 Å². The molecule has 0 amide bonds. The fourth-order valence-corrected chi connectivity index (χ4v) is 0.480. The topological polar surface area (TPSA) is 33.0 Å². The van der Waals surface area contributed by atoms with Crippen LogP contribution >= 0.6 is 24.8 Å². The van der Waals surface area contributed by atoms with E-state index in [1.807, 2.05) is 6.07 Å². The molecule has 0 aliphatic rings. The molecular formula is C4H5NOS2. The third-order valence-corrected chi connectivity index (χ3v) is 0.661. The molecule has 1 atom stereocenters. The van der Waals surface area contributed by atoms with Gasteiger partial charge in [0.25, 0.3) is 0 Å². The molecule has 0 aromatic carbocycles. The first-order valence-corrected chi connectivity index (χ1v) is 2.81. The van der Waals surface area contributed by atoms with Crippen LogP contribution in [0.2, 0.25) is 0 Å². The molecule has 0 rings (SSSR count). The van der Waals surface area contributed by atoms with E-state index in [2.05, 4.69) is 29.6 Å². The maximum absolute atomic E-state index is 8.12. The average Bonchev–Trinajstić information content (AvgIpc) is 1.65. The highest BCUT2D eigenvalue weighted by molar-refractivity contribution is 8.10. The first kappa shape index (κ1) is 7.73. The van der Waals surface area contributed by atoms with Crippen LogP contribution in [0.15, 0.2) is 0 Å². The Kier molecular flexibility index (Phi) is 3.57. The molecule has 1 unspecified atom stereocenters. The van der Waals surface area contributed by atoms with Gasteiger partial charge in [0.15, 0.2) is 6.10 Å². The van der Waals surface area contributed by atoms with Gasteiger partial charge in [-0.05, 0) is 19.1 Å². The number of hydrogen-bond acceptors (Lipinski definition) is 3. The highest BCUT2D eigenvalue weighted by Crippen LogP contribution is 1.93. The summed E-state index contributed by atoms with van der Waals surface area (Å²) in [6.07, 6.45) is -0.486. The van der Waals surface area contributed by atoms with Crippen LogP contribution in [0.5, 0.6) is 0 Å². The van der Waals surface area contributed by atoms with E-state index >= 15 is 0 Å². The summed E-state index contributed by atoms with van der Waals surface area (Å²) in [5, 5.41) is 8.12. The summed E-state index contributed by atoms with van der Waals surface area (Å²) in [4.78, 5) is 0. The zero-order chi connectivity index (χ0) is 6.57. The van der Waals surface area contributed by atoms with Crippen LogP contribution in [-0.4, -0.2) is 10.5 Å². The van der Waals surface area contributed by atoms with Crippen LogP contribution in [-0.2, 0) is 4.74 Å². The lowest BCUT2D eigenvalue weighted by molar-refractivity contribution is 0.279. The second-order valence-corrected chi connectivity index (χ2v) is 2.23. The predicted molar refractivity (Wildman–Crippen MR) is 37.7 cm³/mol. The molecule has 0 spiro atoms. The van der Waals surface area contributed by atoms with Crippen molar-refractivity contribution in [2.45, 2.75) is 13.0 Å². The Morgan fingerprint density at radius 3 is 2.62 bits per heavy atom. The van der Waals surface area contributed by atoms with E-state index in [-0.39, 0.29) is 4.38 Å². The number of nitrogens with zero attached hydrogens (tertiary/aromatic N) is 1. The van der Waals surface area contributed by atoms with E-state index in [9.17, 15) is 0 Å². The summed E-state index contributed by atoms with van der Waals surface area (Å²) < 4.78 is 4.74. The summed E-state index contributed by atoms with van der Waals surface area (Å²) in [5.41, 5.74) is 0. The van der Waals surface area contributed by atoms with Crippen molar-refractivity contribution in [3.05, 3.63) is 0 Å². The lowest BCUT2D eigenvalue weighted by Gasteiger charge is -2.01. The van der Waals surface area contributed by atoms with Crippen molar-refractivity contribution in [1.29, 1.82) is 5.26 Å². The number of ether oxygens (including phenoxy) is 1. The SMILES string of the molecule is CC(C#N)OC(=S)S. The van der Waals surface area contributed by atoms with Crippen LogP contribution < -0.4 is 0 Å². The van der Waals surface area contributed by atoms with Gasteiger partial charge in [0.2, 0.25) is 4.38 Å². The minimum Gasteiger partial charge on any atom is -0.460 e. The first-order valence-electron chi connectivity index (χ1n) is 1.96. The van der Waals surface area contributed by atoms with Crippen molar-refractivity contribution in [3.63, 3.8) is 0 Å². The van der Waals surface area contributed by atoms with Crippen LogP contribution in [0, 0.1) is 11.3 Å². The van der Waals surface area contributed by atoms with Gasteiger partial charge >= 0.3 is 0 Å². The summed E-state index contributed by atoms with van der Waals surface area (Å²) in [7, 11) is 0. The van der Waals surface area contributed by atoms with Crippen LogP contribution in [0.4, 0.5) is 0 Å². The predicted octanol–water partition coefficient (Wildman–Crippen LogP) is 1.13. The third kappa shape index (κ3) is 3.90. The molecule has 0 aliphatic heterocycles. The molecule has 0 fully saturated rings. The maximum Gasteiger partial charge on any atom is 0.218 e. The smallest absolute Gasteiger partial charge is 0.218 e. The van der Waals surface area contributed by atoms with Gasteiger partial charge < -0.3 is 4.74 Å². The molecule has 8 heavy (non-hydrogen) atoms. The Morgan fingerprint density at radius 1 is 2.00 bits per heavy atom. The van der Waals surface area contributed by atoms with Gasteiger partial charge in [-0.2, -0.15) is 5.26 Å². The van der Waals surface area contributed by atoms with Crippen molar-refractivity contribution in [2.75, 3.05) is 0 Å². The van der Waals surface area contributed by atoms with Crippen LogP contribution in [0.25, 0.3) is 0 Å². The molecular weight excluding hydrogens is 142 g/mol. The Balaban J connectivity index is 3.43. The Morgan fingerprint density at radius 2 is 2.50 bits per heavy atom. The molecule has 2 nitrogen and oxygen atoms in total. The fourth-order valence-electron chi connectivity index (χ4n) is 0.178. The third-order valence-electron chi connectivity index (χ3n) is 0.459. The summed E-state index contributed by atoms with van der Waals surface area (Å²) >= 11 is 8.08. The second-order valence-electron chi connectivity index (χ2n) is 1.16. The largest absolute Gasteiger partial charge is 0.460 e. The van der Waals surface area contributed by atoms with Crippen molar-refractivity contribution >= 4 is 29.2 Å². The summed E-state index contributed by atoms with van der Waals surface area (Å²) in [5.74, 6) is 0. The first-order chi connectivity index (χ1) is 3.66. The molecule has 0 saturated carbocycles. The summed E-state index contributed by atoms with van der Waals surface area (Å²) in [6, 6.07) is 1.84. The van der Waals surface area contributed by atoms with E-state index in [1.54, 1.807) is 6.92 Å². The molecule has 0 saturated heterocycles. The van der Waals surface area contributed by atoms with Gasteiger partial charge in [0.1, 0.15) is 6.07 Å². The molecule has 0 bridgehead atoms. The minimum absolute atomic E-state index is 0.110. The standard InChI is InChI=1S/C4H5NOS2/c1-3(2-5)6-4(7)8/h3H,1H3,(H,7,8). The Hall–Kier alpha value is -0.270. The zero-order valence-electron chi connectivity index (χ0n) is 4.29. The molecule has 4 heteroatoms. The molecule has 0 aromatic heterocycles. The quantitative estimate of drug-likeness (QED) is 0.446. The second kappa shape index (κ2) is 3.70. The number of thiol groups is 1. The van der Waals surface area contributed by atoms with Gasteiger partial charge in [0.05, 0.1) is 0 Å². The van der Waals surface area contributed by atoms with Crippen molar-refractivity contribution < 1.29 is 4.74 Å². The van der Waals surface area contributed by atoms with E-state index < -0.39 is 6.10 Å². The fraction of sp³-hybridized carbons (Fsp3) is 0.500. The van der Waals surface area contributed by atoms with Gasteiger partial charge in [-0.15, -0.1) is 0 Å². The highest BCUT2D eigenvalue weighted by Gasteiger charge is 1.97. The van der Waals surface area contributed by atoms with Crippen molar-refractivity contribution in [2.24, 2.45) is 0 Å². The van der Waals surface area contributed by atoms with E-state index in [1.165, 1.54) is 0 Å². The lowest BCUT2D eigenvalue weighted by Crippen LogP contribution is -2.05. The molecule has 44 valence electrons. The van der Waals surface area contributed by atoms with Gasteiger partial charge in [0, 0.05) is 0 Å². The van der Waals surface area contributed by atoms with Gasteiger partial charge in [-0.1, -0.05) is 12.6 Å². The van der Waals surface area contributed by atoms with E-state index in [0.29, 0.717) is 0 Å². The Labute approximate surface area is 58.9 Å². The number of hydrogen-bond donors (Lipinski definition) is 1. The van der Waals surface area contributed by atoms with E-state index in [4.69, 9.17) is 5.26 Å². The van der Waals surface area contributed by atoms with Crippen LogP contribution in [0.3, 0.4) is 0 Å². The Bertz CT molecular complexity index is 128. The van der Waals surface area contributed by atoms with Gasteiger partial charge in [-0.25, -0.2) is 0 Å². The average molecular weight is 147 g/mol. The highest BCUT2D eigenvalue weighted by atomic mass is 32.1. The molecule has 0 radical (unpaired) electrons. The molecule has 0 N–H and O–H groups in total. The molecule has 0 heterocycles. The number of rotatable bonds is 1. The van der Waals surface area contributed by atoms with Gasteiger partial charge in [-0.3, -0.25) is 0 Å².